The molecule has 0 aromatic heterocycles. The van der Waals surface area contributed by atoms with E-state index in [9.17, 15) is 14.7 Å². The number of carbonyl (C=O) groups excluding carboxylic acids is 2. The van der Waals surface area contributed by atoms with E-state index in [1.54, 1.807) is 31.4 Å². The summed E-state index contributed by atoms with van der Waals surface area (Å²) in [5.41, 5.74) is -0.778. The number of methoxy groups -OCH3 is 1. The lowest BCUT2D eigenvalue weighted by atomic mass is 9.77. The predicted molar refractivity (Wildman–Crippen MR) is 95.1 cm³/mol. The fourth-order valence-corrected chi connectivity index (χ4v) is 3.56. The third kappa shape index (κ3) is 3.77. The number of ether oxygens (including phenoxy) is 2. The maximum atomic E-state index is 12.8. The first kappa shape index (κ1) is 18.5. The second-order valence-corrected chi connectivity index (χ2v) is 7.25. The predicted octanol–water partition coefficient (Wildman–Crippen LogP) is 1.94. The number of amides is 3. The molecule has 1 spiro atoms. The summed E-state index contributed by atoms with van der Waals surface area (Å²) >= 11 is 0. The maximum absolute atomic E-state index is 12.8. The first-order valence-electron chi connectivity index (χ1n) is 9.02. The van der Waals surface area contributed by atoms with E-state index in [0.717, 1.165) is 17.7 Å². The minimum absolute atomic E-state index is 0.00652. The van der Waals surface area contributed by atoms with Gasteiger partial charge in [0.05, 0.1) is 13.7 Å². The summed E-state index contributed by atoms with van der Waals surface area (Å²) in [7, 11) is 1.58. The standard InChI is InChI=1S/C19H26N2O5/c1-13-7-9-19(10-8-13)17(23)21(18(24)20-19)11-14(22)12-26-16-5-3-15(25-2)4-6-16/h3-6,13-14,22H,7-12H2,1-2H3,(H,20,24)/t13?,14-,19?/m1/s1. The third-order valence-corrected chi connectivity index (χ3v) is 5.27. The smallest absolute Gasteiger partial charge is 0.325 e. The molecule has 1 saturated heterocycles. The Hall–Kier alpha value is -2.28. The Morgan fingerprint density at radius 1 is 1.23 bits per heavy atom. The van der Waals surface area contributed by atoms with Crippen LogP contribution in [0, 0.1) is 5.92 Å². The van der Waals surface area contributed by atoms with Crippen LogP contribution in [0.4, 0.5) is 4.79 Å². The van der Waals surface area contributed by atoms with Gasteiger partial charge in [-0.1, -0.05) is 6.92 Å². The number of rotatable bonds is 6. The molecule has 26 heavy (non-hydrogen) atoms. The van der Waals surface area contributed by atoms with Crippen molar-refractivity contribution in [3.63, 3.8) is 0 Å². The normalized spacial score (nSPS) is 26.7. The topological polar surface area (TPSA) is 88.1 Å². The molecule has 2 aliphatic rings. The van der Waals surface area contributed by atoms with Crippen molar-refractivity contribution in [1.82, 2.24) is 10.2 Å². The number of hydrogen-bond acceptors (Lipinski definition) is 5. The molecule has 7 heteroatoms. The average Bonchev–Trinajstić information content (AvgIpc) is 2.87. The van der Waals surface area contributed by atoms with Gasteiger partial charge in [-0.15, -0.1) is 0 Å². The van der Waals surface area contributed by atoms with E-state index < -0.39 is 17.7 Å². The highest BCUT2D eigenvalue weighted by Crippen LogP contribution is 2.36. The molecule has 1 heterocycles. The zero-order chi connectivity index (χ0) is 18.7. The monoisotopic (exact) mass is 362 g/mol. The zero-order valence-electron chi connectivity index (χ0n) is 15.2. The van der Waals surface area contributed by atoms with Crippen LogP contribution in [0.5, 0.6) is 11.5 Å². The first-order chi connectivity index (χ1) is 12.4. The largest absolute Gasteiger partial charge is 0.497 e. The summed E-state index contributed by atoms with van der Waals surface area (Å²) in [6.45, 7) is 2.08. The maximum Gasteiger partial charge on any atom is 0.325 e. The van der Waals surface area contributed by atoms with Crippen LogP contribution in [-0.4, -0.2) is 53.8 Å². The lowest BCUT2D eigenvalue weighted by Gasteiger charge is -2.33. The summed E-state index contributed by atoms with van der Waals surface area (Å²) in [4.78, 5) is 26.1. The van der Waals surface area contributed by atoms with Crippen LogP contribution in [-0.2, 0) is 4.79 Å². The SMILES string of the molecule is COc1ccc(OC[C@H](O)CN2C(=O)NC3(CCC(C)CC3)C2=O)cc1. The van der Waals surface area contributed by atoms with Gasteiger partial charge in [0.15, 0.2) is 0 Å². The Morgan fingerprint density at radius 3 is 2.46 bits per heavy atom. The van der Waals surface area contributed by atoms with Crippen molar-refractivity contribution in [1.29, 1.82) is 0 Å². The minimum atomic E-state index is -0.954. The molecule has 0 radical (unpaired) electrons. The van der Waals surface area contributed by atoms with E-state index in [0.29, 0.717) is 30.3 Å². The van der Waals surface area contributed by atoms with Crippen molar-refractivity contribution in [3.05, 3.63) is 24.3 Å². The quantitative estimate of drug-likeness (QED) is 0.755. The Balaban J connectivity index is 1.54. The van der Waals surface area contributed by atoms with Crippen LogP contribution in [0.2, 0.25) is 0 Å². The highest BCUT2D eigenvalue weighted by Gasteiger charge is 2.52. The number of carbonyl (C=O) groups is 2. The van der Waals surface area contributed by atoms with Crippen molar-refractivity contribution >= 4 is 11.9 Å². The Labute approximate surface area is 153 Å². The van der Waals surface area contributed by atoms with Crippen molar-refractivity contribution in [2.45, 2.75) is 44.2 Å². The van der Waals surface area contributed by atoms with Crippen LogP contribution in [0.1, 0.15) is 32.6 Å². The summed E-state index contributed by atoms with van der Waals surface area (Å²) in [5, 5.41) is 13.1. The van der Waals surface area contributed by atoms with Gasteiger partial charge in [0, 0.05) is 0 Å². The third-order valence-electron chi connectivity index (χ3n) is 5.27. The van der Waals surface area contributed by atoms with E-state index >= 15 is 0 Å². The molecule has 142 valence electrons. The van der Waals surface area contributed by atoms with Gasteiger partial charge in [0.1, 0.15) is 29.7 Å². The molecule has 7 nitrogen and oxygen atoms in total. The molecule has 0 bridgehead atoms. The zero-order valence-corrected chi connectivity index (χ0v) is 15.2. The van der Waals surface area contributed by atoms with Gasteiger partial charge in [0.2, 0.25) is 0 Å². The van der Waals surface area contributed by atoms with Crippen molar-refractivity contribution < 1.29 is 24.2 Å². The number of hydrogen-bond donors (Lipinski definition) is 2. The van der Waals surface area contributed by atoms with Gasteiger partial charge >= 0.3 is 6.03 Å². The number of nitrogens with zero attached hydrogens (tertiary/aromatic N) is 1. The Morgan fingerprint density at radius 2 is 1.85 bits per heavy atom. The van der Waals surface area contributed by atoms with Gasteiger partial charge in [0.25, 0.3) is 5.91 Å². The van der Waals surface area contributed by atoms with Crippen LogP contribution in [0.25, 0.3) is 0 Å². The fraction of sp³-hybridized carbons (Fsp3) is 0.579. The molecule has 1 aromatic carbocycles. The summed E-state index contributed by atoms with van der Waals surface area (Å²) in [5.74, 6) is 1.64. The van der Waals surface area contributed by atoms with Gasteiger partial charge in [-0.25, -0.2) is 4.79 Å². The lowest BCUT2D eigenvalue weighted by Crippen LogP contribution is -2.49. The van der Waals surface area contributed by atoms with E-state index in [1.165, 1.54) is 0 Å². The molecule has 3 amide bonds. The van der Waals surface area contributed by atoms with Gasteiger partial charge in [-0.2, -0.15) is 0 Å². The van der Waals surface area contributed by atoms with Crippen LogP contribution < -0.4 is 14.8 Å². The number of benzene rings is 1. The molecule has 3 rings (SSSR count). The highest BCUT2D eigenvalue weighted by molar-refractivity contribution is 6.07. The van der Waals surface area contributed by atoms with Crippen molar-refractivity contribution in [2.24, 2.45) is 5.92 Å². The van der Waals surface area contributed by atoms with E-state index in [2.05, 4.69) is 12.2 Å². The molecule has 2 N–H and O–H groups in total. The Bertz CT molecular complexity index is 652. The number of imide groups is 1. The summed E-state index contributed by atoms with van der Waals surface area (Å²) in [6, 6.07) is 6.56. The minimum Gasteiger partial charge on any atom is -0.497 e. The molecular weight excluding hydrogens is 336 g/mol. The number of aliphatic hydroxyl groups is 1. The van der Waals surface area contributed by atoms with Crippen molar-refractivity contribution in [2.75, 3.05) is 20.3 Å². The second kappa shape index (κ2) is 7.53. The summed E-state index contributed by atoms with van der Waals surface area (Å²) < 4.78 is 10.6. The van der Waals surface area contributed by atoms with Gasteiger partial charge in [-0.3, -0.25) is 9.69 Å². The molecule has 0 unspecified atom stereocenters. The fourth-order valence-electron chi connectivity index (χ4n) is 3.56. The number of aliphatic hydroxyl groups excluding tert-OH is 1. The second-order valence-electron chi connectivity index (χ2n) is 7.25. The lowest BCUT2D eigenvalue weighted by molar-refractivity contribution is -0.133. The molecule has 1 aliphatic heterocycles. The Kier molecular flexibility index (Phi) is 5.36. The molecule has 1 atom stereocenters. The molecular formula is C19H26N2O5. The molecule has 1 aromatic rings. The van der Waals surface area contributed by atoms with E-state index in [4.69, 9.17) is 9.47 Å². The van der Waals surface area contributed by atoms with Crippen LogP contribution in [0.15, 0.2) is 24.3 Å². The van der Waals surface area contributed by atoms with E-state index in [1.807, 2.05) is 0 Å². The highest BCUT2D eigenvalue weighted by atomic mass is 16.5. The average molecular weight is 362 g/mol. The molecule has 1 aliphatic carbocycles. The van der Waals surface area contributed by atoms with Crippen LogP contribution >= 0.6 is 0 Å². The van der Waals surface area contributed by atoms with Gasteiger partial charge in [-0.05, 0) is 55.9 Å². The first-order valence-corrected chi connectivity index (χ1v) is 9.02. The molecule has 1 saturated carbocycles. The number of urea groups is 1. The number of nitrogens with one attached hydrogen (secondary N) is 1. The van der Waals surface area contributed by atoms with Crippen LogP contribution in [0.3, 0.4) is 0 Å². The molecule has 2 fully saturated rings. The number of β-amino-alcohol motifs (C(OH)–C–C–N with tert-alkyl or cyclic N) is 1. The van der Waals surface area contributed by atoms with E-state index in [-0.39, 0.29) is 19.1 Å². The van der Waals surface area contributed by atoms with Crippen molar-refractivity contribution in [3.8, 4) is 11.5 Å². The summed E-state index contributed by atoms with van der Waals surface area (Å²) in [6.07, 6.45) is 2.21. The van der Waals surface area contributed by atoms with Gasteiger partial charge < -0.3 is 19.9 Å².